The molecule has 1 unspecified atom stereocenters. The van der Waals surface area contributed by atoms with E-state index in [0.717, 1.165) is 24.1 Å². The summed E-state index contributed by atoms with van der Waals surface area (Å²) in [7, 11) is 0. The van der Waals surface area contributed by atoms with Crippen molar-refractivity contribution in [1.29, 1.82) is 0 Å². The number of aryl methyl sites for hydroxylation is 1. The lowest BCUT2D eigenvalue weighted by atomic mass is 9.80. The zero-order valence-electron chi connectivity index (χ0n) is 18.8. The van der Waals surface area contributed by atoms with Crippen LogP contribution < -0.4 is 5.32 Å². The minimum atomic E-state index is -1.65. The number of hydrogen-bond acceptors (Lipinski definition) is 7. The molecule has 2 N–H and O–H groups in total. The van der Waals surface area contributed by atoms with Crippen LogP contribution in [0.4, 0.5) is 0 Å². The van der Waals surface area contributed by atoms with Crippen molar-refractivity contribution in [1.82, 2.24) is 35.4 Å². The molecule has 1 saturated carbocycles. The molecule has 35 heavy (non-hydrogen) atoms. The number of pyridine rings is 1. The molecule has 11 heteroatoms. The van der Waals surface area contributed by atoms with Gasteiger partial charge < -0.3 is 15.3 Å². The van der Waals surface area contributed by atoms with E-state index < -0.39 is 17.6 Å². The number of rotatable bonds is 5. The van der Waals surface area contributed by atoms with Gasteiger partial charge in [0.25, 0.3) is 5.91 Å². The summed E-state index contributed by atoms with van der Waals surface area (Å²) in [5.41, 5.74) is 1.09. The molecule has 6 rings (SSSR count). The molecule has 3 heterocycles. The number of nitrogens with one attached hydrogen (secondary N) is 1. The molecule has 3 aliphatic rings. The topological polar surface area (TPSA) is 126 Å². The Bertz CT molecular complexity index is 1300. The highest BCUT2D eigenvalue weighted by atomic mass is 35.5. The smallest absolute Gasteiger partial charge is 0.260 e. The molecule has 2 aromatic heterocycles. The third kappa shape index (κ3) is 3.77. The highest BCUT2D eigenvalue weighted by Crippen LogP contribution is 2.50. The van der Waals surface area contributed by atoms with E-state index >= 15 is 0 Å². The van der Waals surface area contributed by atoms with Crippen molar-refractivity contribution in [2.75, 3.05) is 0 Å². The molecule has 1 aromatic carbocycles. The molecule has 3 aromatic rings. The monoisotopic (exact) mass is 493 g/mol. The molecular formula is C24H24ClN7O3. The molecule has 2 amide bonds. The first kappa shape index (κ1) is 22.1. The maximum absolute atomic E-state index is 13.8. The van der Waals surface area contributed by atoms with Crippen molar-refractivity contribution in [3.63, 3.8) is 0 Å². The van der Waals surface area contributed by atoms with E-state index in [2.05, 4.69) is 25.8 Å². The SMILES string of the molecule is O=C(NCc1cc(Cl)ccc1-n1cnnn1)[C@@H]1C[C@@H]2C[C@@H]2N1C(=O)C1(O)CCCc2ncccc21. The van der Waals surface area contributed by atoms with Gasteiger partial charge in [0.05, 0.1) is 5.69 Å². The molecule has 2 fully saturated rings. The van der Waals surface area contributed by atoms with Gasteiger partial charge in [-0.3, -0.25) is 14.6 Å². The Kier molecular flexibility index (Phi) is 5.30. The van der Waals surface area contributed by atoms with Crippen molar-refractivity contribution >= 4 is 23.4 Å². The molecule has 1 saturated heterocycles. The minimum Gasteiger partial charge on any atom is -0.375 e. The van der Waals surface area contributed by atoms with Gasteiger partial charge in [-0.2, -0.15) is 0 Å². The second kappa shape index (κ2) is 8.39. The fourth-order valence-electron chi connectivity index (χ4n) is 5.57. The zero-order chi connectivity index (χ0) is 24.2. The molecule has 4 atom stereocenters. The number of benzene rings is 1. The molecule has 1 aliphatic heterocycles. The standard InChI is InChI=1S/C24H24ClN7O3/c25-16-5-6-19(31-13-28-29-30-31)15(9-16)12-27-22(33)21-11-14-10-20(14)32(21)23(34)24(35)7-1-4-18-17(24)3-2-8-26-18/h2-3,5-6,8-9,13-14,20-21,35H,1,4,7,10-12H2,(H,27,33)/t14-,20-,21-,24?/m0/s1. The van der Waals surface area contributed by atoms with Crippen LogP contribution in [0.3, 0.4) is 0 Å². The number of aliphatic hydroxyl groups is 1. The number of tetrazole rings is 1. The predicted octanol–water partition coefficient (Wildman–Crippen LogP) is 1.54. The van der Waals surface area contributed by atoms with Crippen LogP contribution in [0.2, 0.25) is 5.02 Å². The number of hydrogen-bond donors (Lipinski definition) is 2. The van der Waals surface area contributed by atoms with Crippen molar-refractivity contribution in [3.8, 4) is 5.69 Å². The Labute approximate surface area is 206 Å². The normalized spacial score (nSPS) is 26.7. The van der Waals surface area contributed by atoms with E-state index in [-0.39, 0.29) is 18.5 Å². The molecule has 0 bridgehead atoms. The summed E-state index contributed by atoms with van der Waals surface area (Å²) >= 11 is 6.19. The van der Waals surface area contributed by atoms with Gasteiger partial charge in [-0.1, -0.05) is 17.7 Å². The number of halogens is 1. The average molecular weight is 494 g/mol. The molecular weight excluding hydrogens is 470 g/mol. The lowest BCUT2D eigenvalue weighted by molar-refractivity contribution is -0.159. The van der Waals surface area contributed by atoms with Gasteiger partial charge in [-0.15, -0.1) is 5.10 Å². The summed E-state index contributed by atoms with van der Waals surface area (Å²) in [6.07, 6.45) is 6.32. The molecule has 10 nitrogen and oxygen atoms in total. The molecule has 2 aliphatic carbocycles. The summed E-state index contributed by atoms with van der Waals surface area (Å²) in [4.78, 5) is 33.1. The van der Waals surface area contributed by atoms with E-state index in [1.807, 2.05) is 0 Å². The van der Waals surface area contributed by atoms with Gasteiger partial charge >= 0.3 is 0 Å². The Hall–Kier alpha value is -3.37. The minimum absolute atomic E-state index is 0.00715. The maximum atomic E-state index is 13.8. The lowest BCUT2D eigenvalue weighted by Gasteiger charge is -2.38. The van der Waals surface area contributed by atoms with Gasteiger partial charge in [-0.25, -0.2) is 4.68 Å². The van der Waals surface area contributed by atoms with Crippen LogP contribution in [0.1, 0.15) is 42.5 Å². The Morgan fingerprint density at radius 3 is 2.97 bits per heavy atom. The van der Waals surface area contributed by atoms with Gasteiger partial charge in [0.1, 0.15) is 12.4 Å². The van der Waals surface area contributed by atoms with Gasteiger partial charge in [0.2, 0.25) is 5.91 Å². The number of carbonyl (C=O) groups is 2. The van der Waals surface area contributed by atoms with Gasteiger partial charge in [0, 0.05) is 35.1 Å². The summed E-state index contributed by atoms with van der Waals surface area (Å²) in [5.74, 6) is -0.356. The number of aromatic nitrogens is 5. The Balaban J connectivity index is 1.23. The van der Waals surface area contributed by atoms with E-state index in [0.29, 0.717) is 41.5 Å². The van der Waals surface area contributed by atoms with Crippen molar-refractivity contribution in [2.45, 2.75) is 56.3 Å². The van der Waals surface area contributed by atoms with Crippen LogP contribution in [0.25, 0.3) is 5.69 Å². The van der Waals surface area contributed by atoms with Crippen molar-refractivity contribution < 1.29 is 14.7 Å². The third-order valence-corrected chi connectivity index (χ3v) is 7.61. The van der Waals surface area contributed by atoms with Crippen molar-refractivity contribution in [3.05, 3.63) is 64.7 Å². The average Bonchev–Trinajstić information content (AvgIpc) is 3.25. The number of amides is 2. The Morgan fingerprint density at radius 2 is 2.14 bits per heavy atom. The Morgan fingerprint density at radius 1 is 1.26 bits per heavy atom. The lowest BCUT2D eigenvalue weighted by Crippen LogP contribution is -2.55. The quantitative estimate of drug-likeness (QED) is 0.552. The van der Waals surface area contributed by atoms with Crippen LogP contribution in [0.15, 0.2) is 42.9 Å². The number of likely N-dealkylation sites (tertiary alicyclic amines) is 1. The first-order valence-electron chi connectivity index (χ1n) is 11.7. The second-order valence-corrected chi connectivity index (χ2v) is 9.92. The van der Waals surface area contributed by atoms with Crippen LogP contribution in [-0.4, -0.2) is 59.1 Å². The van der Waals surface area contributed by atoms with Gasteiger partial charge in [-0.05, 0) is 78.3 Å². The highest BCUT2D eigenvalue weighted by molar-refractivity contribution is 6.30. The summed E-state index contributed by atoms with van der Waals surface area (Å²) in [5, 5.41) is 26.3. The van der Waals surface area contributed by atoms with Gasteiger partial charge in [0.15, 0.2) is 5.60 Å². The predicted molar refractivity (Wildman–Crippen MR) is 124 cm³/mol. The number of fused-ring (bicyclic) bond motifs is 2. The van der Waals surface area contributed by atoms with Crippen LogP contribution in [-0.2, 0) is 28.2 Å². The van der Waals surface area contributed by atoms with Crippen LogP contribution in [0, 0.1) is 5.92 Å². The molecule has 0 spiro atoms. The number of piperidine rings is 1. The summed E-state index contributed by atoms with van der Waals surface area (Å²) in [6.45, 7) is 0.194. The van der Waals surface area contributed by atoms with Crippen LogP contribution >= 0.6 is 11.6 Å². The largest absolute Gasteiger partial charge is 0.375 e. The zero-order valence-corrected chi connectivity index (χ0v) is 19.6. The first-order chi connectivity index (χ1) is 17.0. The highest BCUT2D eigenvalue weighted by Gasteiger charge is 2.59. The van der Waals surface area contributed by atoms with E-state index in [9.17, 15) is 14.7 Å². The fourth-order valence-corrected chi connectivity index (χ4v) is 5.76. The van der Waals surface area contributed by atoms with Crippen molar-refractivity contribution in [2.24, 2.45) is 5.92 Å². The second-order valence-electron chi connectivity index (χ2n) is 9.48. The van der Waals surface area contributed by atoms with Crippen LogP contribution in [0.5, 0.6) is 0 Å². The molecule has 180 valence electrons. The first-order valence-corrected chi connectivity index (χ1v) is 12.1. The fraction of sp³-hybridized carbons (Fsp3) is 0.417. The van der Waals surface area contributed by atoms with E-state index in [4.69, 9.17) is 11.6 Å². The number of carbonyl (C=O) groups excluding carboxylic acids is 2. The number of nitrogens with zero attached hydrogens (tertiary/aromatic N) is 6. The van der Waals surface area contributed by atoms with E-state index in [1.165, 1.54) is 11.0 Å². The summed E-state index contributed by atoms with van der Waals surface area (Å²) in [6, 6.07) is 8.14. The summed E-state index contributed by atoms with van der Waals surface area (Å²) < 4.78 is 1.50. The third-order valence-electron chi connectivity index (χ3n) is 7.37. The molecule has 0 radical (unpaired) electrons. The van der Waals surface area contributed by atoms with E-state index in [1.54, 1.807) is 41.4 Å². The maximum Gasteiger partial charge on any atom is 0.260 e.